The molecule has 0 saturated heterocycles. The van der Waals surface area contributed by atoms with E-state index in [0.29, 0.717) is 17.2 Å². The maximum absolute atomic E-state index is 5.62. The lowest BCUT2D eigenvalue weighted by molar-refractivity contribution is 0.0323. The second-order valence-electron chi connectivity index (χ2n) is 2.81. The molecular formula is C10H15NO4. The largest absolute Gasteiger partial charge is 0.464 e. The van der Waals surface area contributed by atoms with Crippen LogP contribution in [0.4, 0.5) is 5.69 Å². The van der Waals surface area contributed by atoms with E-state index in [-0.39, 0.29) is 13.6 Å². The number of methoxy groups -OCH3 is 2. The van der Waals surface area contributed by atoms with Gasteiger partial charge < -0.3 is 24.7 Å². The van der Waals surface area contributed by atoms with Gasteiger partial charge in [-0.1, -0.05) is 0 Å². The average molecular weight is 213 g/mol. The van der Waals surface area contributed by atoms with Crippen LogP contribution in [0, 0.1) is 0 Å². The quantitative estimate of drug-likeness (QED) is 0.569. The first-order valence-corrected chi connectivity index (χ1v) is 4.41. The number of ether oxygens (including phenoxy) is 4. The van der Waals surface area contributed by atoms with Gasteiger partial charge in [0.25, 0.3) is 0 Å². The molecule has 1 aromatic carbocycles. The molecule has 0 amide bonds. The molecule has 0 aliphatic carbocycles. The van der Waals surface area contributed by atoms with Crippen LogP contribution < -0.4 is 15.2 Å². The summed E-state index contributed by atoms with van der Waals surface area (Å²) in [6.07, 6.45) is 0. The van der Waals surface area contributed by atoms with Crippen molar-refractivity contribution in [3.8, 4) is 11.5 Å². The zero-order chi connectivity index (χ0) is 11.1. The van der Waals surface area contributed by atoms with E-state index in [1.807, 2.05) is 0 Å². The van der Waals surface area contributed by atoms with Crippen LogP contribution in [-0.2, 0) is 9.47 Å². The Kier molecular flexibility index (Phi) is 4.73. The van der Waals surface area contributed by atoms with Crippen LogP contribution in [0.1, 0.15) is 0 Å². The molecule has 0 saturated carbocycles. The lowest BCUT2D eigenvalue weighted by atomic mass is 10.3. The van der Waals surface area contributed by atoms with Crippen molar-refractivity contribution in [1.82, 2.24) is 0 Å². The Hall–Kier alpha value is -1.46. The van der Waals surface area contributed by atoms with Crippen LogP contribution in [0.2, 0.25) is 0 Å². The number of anilines is 1. The minimum atomic E-state index is 0.146. The summed E-state index contributed by atoms with van der Waals surface area (Å²) in [4.78, 5) is 0. The van der Waals surface area contributed by atoms with Gasteiger partial charge in [-0.15, -0.1) is 0 Å². The van der Waals surface area contributed by atoms with Crippen molar-refractivity contribution in [2.75, 3.05) is 33.5 Å². The molecule has 0 aromatic heterocycles. The van der Waals surface area contributed by atoms with Crippen molar-refractivity contribution in [3.05, 3.63) is 18.2 Å². The molecule has 0 aliphatic heterocycles. The lowest BCUT2D eigenvalue weighted by Gasteiger charge is -2.11. The summed E-state index contributed by atoms with van der Waals surface area (Å²) in [6.45, 7) is 0.306. The molecule has 1 aromatic rings. The van der Waals surface area contributed by atoms with E-state index in [1.165, 1.54) is 0 Å². The lowest BCUT2D eigenvalue weighted by Crippen LogP contribution is -2.04. The van der Waals surface area contributed by atoms with Crippen molar-refractivity contribution in [3.63, 3.8) is 0 Å². The summed E-state index contributed by atoms with van der Waals surface area (Å²) in [5.74, 6) is 1.11. The fourth-order valence-electron chi connectivity index (χ4n) is 1.00. The predicted octanol–water partition coefficient (Wildman–Crippen LogP) is 1.23. The molecule has 5 nitrogen and oxygen atoms in total. The molecule has 0 spiro atoms. The number of hydrogen-bond donors (Lipinski definition) is 1. The van der Waals surface area contributed by atoms with Crippen molar-refractivity contribution >= 4 is 5.69 Å². The smallest absolute Gasteiger partial charge is 0.188 e. The molecule has 5 heteroatoms. The van der Waals surface area contributed by atoms with Gasteiger partial charge in [0.1, 0.15) is 0 Å². The maximum atomic E-state index is 5.62. The molecule has 84 valence electrons. The van der Waals surface area contributed by atoms with Crippen molar-refractivity contribution in [2.45, 2.75) is 0 Å². The Labute approximate surface area is 88.7 Å². The number of benzene rings is 1. The van der Waals surface area contributed by atoms with E-state index in [2.05, 4.69) is 0 Å². The summed E-state index contributed by atoms with van der Waals surface area (Å²) in [7, 11) is 3.09. The third-order valence-electron chi connectivity index (χ3n) is 1.63. The number of nitrogens with two attached hydrogens (primary N) is 1. The van der Waals surface area contributed by atoms with Gasteiger partial charge in [0.2, 0.25) is 0 Å². The molecule has 0 unspecified atom stereocenters. The first kappa shape index (κ1) is 11.6. The minimum Gasteiger partial charge on any atom is -0.464 e. The normalized spacial score (nSPS) is 10.0. The molecule has 0 fully saturated rings. The first-order valence-electron chi connectivity index (χ1n) is 4.41. The minimum absolute atomic E-state index is 0.146. The highest BCUT2D eigenvalue weighted by molar-refractivity contribution is 5.51. The Morgan fingerprint density at radius 1 is 1.00 bits per heavy atom. The molecule has 0 heterocycles. The van der Waals surface area contributed by atoms with E-state index in [9.17, 15) is 0 Å². The van der Waals surface area contributed by atoms with Gasteiger partial charge in [-0.05, 0) is 12.1 Å². The fourth-order valence-corrected chi connectivity index (χ4v) is 1.00. The molecule has 2 N–H and O–H groups in total. The second kappa shape index (κ2) is 6.10. The summed E-state index contributed by atoms with van der Waals surface area (Å²) < 4.78 is 20.2. The Balaban J connectivity index is 2.73. The highest BCUT2D eigenvalue weighted by Crippen LogP contribution is 2.29. The Morgan fingerprint density at radius 2 is 1.60 bits per heavy atom. The average Bonchev–Trinajstić information content (AvgIpc) is 2.25. The number of nitrogen functional groups attached to an aromatic ring is 1. The van der Waals surface area contributed by atoms with Gasteiger partial charge in [0, 0.05) is 26.0 Å². The maximum Gasteiger partial charge on any atom is 0.188 e. The van der Waals surface area contributed by atoms with Crippen molar-refractivity contribution in [1.29, 1.82) is 0 Å². The molecule has 0 aliphatic rings. The van der Waals surface area contributed by atoms with E-state index in [4.69, 9.17) is 24.7 Å². The molecule has 0 radical (unpaired) electrons. The van der Waals surface area contributed by atoms with Crippen molar-refractivity contribution in [2.24, 2.45) is 0 Å². The van der Waals surface area contributed by atoms with E-state index < -0.39 is 0 Å². The summed E-state index contributed by atoms with van der Waals surface area (Å²) in [5.41, 5.74) is 6.22. The summed E-state index contributed by atoms with van der Waals surface area (Å²) in [5, 5.41) is 0. The Bertz CT molecular complexity index is 303. The van der Waals surface area contributed by atoms with Gasteiger partial charge in [0.15, 0.2) is 25.1 Å². The monoisotopic (exact) mass is 213 g/mol. The zero-order valence-electron chi connectivity index (χ0n) is 8.86. The third kappa shape index (κ3) is 3.65. The van der Waals surface area contributed by atoms with Gasteiger partial charge in [-0.2, -0.15) is 0 Å². The summed E-state index contributed by atoms with van der Waals surface area (Å²) in [6, 6.07) is 5.12. The molecule has 0 atom stereocenters. The van der Waals surface area contributed by atoms with Gasteiger partial charge >= 0.3 is 0 Å². The standard InChI is InChI=1S/C10H15NO4/c1-12-6-14-9-4-3-8(11)5-10(9)15-7-13-2/h3-5H,6-7,11H2,1-2H3. The summed E-state index contributed by atoms with van der Waals surface area (Å²) >= 11 is 0. The van der Waals surface area contributed by atoms with Crippen LogP contribution in [0.15, 0.2) is 18.2 Å². The third-order valence-corrected chi connectivity index (χ3v) is 1.63. The van der Waals surface area contributed by atoms with Crippen molar-refractivity contribution < 1.29 is 18.9 Å². The Morgan fingerprint density at radius 3 is 2.20 bits per heavy atom. The van der Waals surface area contributed by atoms with Crippen LogP contribution >= 0.6 is 0 Å². The highest BCUT2D eigenvalue weighted by Gasteiger charge is 2.05. The van der Waals surface area contributed by atoms with E-state index in [0.717, 1.165) is 0 Å². The fraction of sp³-hybridized carbons (Fsp3) is 0.400. The van der Waals surface area contributed by atoms with E-state index >= 15 is 0 Å². The van der Waals surface area contributed by atoms with Gasteiger partial charge in [0.05, 0.1) is 0 Å². The van der Waals surface area contributed by atoms with Crippen LogP contribution in [0.5, 0.6) is 11.5 Å². The predicted molar refractivity (Wildman–Crippen MR) is 55.9 cm³/mol. The molecule has 1 rings (SSSR count). The highest BCUT2D eigenvalue weighted by atomic mass is 16.7. The molecule has 0 bridgehead atoms. The topological polar surface area (TPSA) is 62.9 Å². The first-order chi connectivity index (χ1) is 7.27. The molecular weight excluding hydrogens is 198 g/mol. The van der Waals surface area contributed by atoms with Crippen LogP contribution in [0.3, 0.4) is 0 Å². The van der Waals surface area contributed by atoms with Crippen LogP contribution in [0.25, 0.3) is 0 Å². The van der Waals surface area contributed by atoms with Crippen LogP contribution in [-0.4, -0.2) is 27.8 Å². The number of rotatable bonds is 6. The molecule has 15 heavy (non-hydrogen) atoms. The number of hydrogen-bond acceptors (Lipinski definition) is 5. The van der Waals surface area contributed by atoms with Gasteiger partial charge in [-0.3, -0.25) is 0 Å². The SMILES string of the molecule is COCOc1ccc(N)cc1OCOC. The second-order valence-corrected chi connectivity index (χ2v) is 2.81. The van der Waals surface area contributed by atoms with Gasteiger partial charge in [-0.25, -0.2) is 0 Å². The zero-order valence-corrected chi connectivity index (χ0v) is 8.86. The van der Waals surface area contributed by atoms with E-state index in [1.54, 1.807) is 32.4 Å².